The van der Waals surface area contributed by atoms with Crippen LogP contribution in [0.1, 0.15) is 34.8 Å². The first kappa shape index (κ1) is 20.0. The lowest BCUT2D eigenvalue weighted by Crippen LogP contribution is -2.50. The summed E-state index contributed by atoms with van der Waals surface area (Å²) in [5.41, 5.74) is 1.16. The summed E-state index contributed by atoms with van der Waals surface area (Å²) in [6.07, 6.45) is 0.964. The van der Waals surface area contributed by atoms with Crippen LogP contribution in [0.5, 0.6) is 0 Å². The molecule has 0 saturated carbocycles. The molecule has 2 aliphatic rings. The molecule has 1 N–H and O–H groups in total. The minimum Gasteiger partial charge on any atom is -0.376 e. The van der Waals surface area contributed by atoms with E-state index in [1.807, 2.05) is 18.2 Å². The van der Waals surface area contributed by atoms with Crippen molar-refractivity contribution in [3.05, 3.63) is 70.2 Å². The SMILES string of the molecule is C[C@H]1C[C@H]2CSC(NC(=O)c3ccccc3)=N[C@@]2(c2cc(C#N)ccc2Cl)CO1. The van der Waals surface area contributed by atoms with E-state index >= 15 is 0 Å². The van der Waals surface area contributed by atoms with Gasteiger partial charge < -0.3 is 10.1 Å². The van der Waals surface area contributed by atoms with E-state index < -0.39 is 5.54 Å². The van der Waals surface area contributed by atoms with E-state index in [1.54, 1.807) is 30.3 Å². The number of ether oxygens (including phenoxy) is 1. The first-order chi connectivity index (χ1) is 14.0. The van der Waals surface area contributed by atoms with Crippen LogP contribution < -0.4 is 5.32 Å². The number of aliphatic imine (C=N–C) groups is 1. The molecule has 0 aliphatic carbocycles. The van der Waals surface area contributed by atoms with Gasteiger partial charge in [-0.1, -0.05) is 41.6 Å². The Bertz CT molecular complexity index is 1000. The summed E-state index contributed by atoms with van der Waals surface area (Å²) in [5.74, 6) is 0.779. The molecule has 29 heavy (non-hydrogen) atoms. The van der Waals surface area contributed by atoms with Crippen LogP contribution in [0.3, 0.4) is 0 Å². The fraction of sp³-hybridized carbons (Fsp3) is 0.318. The number of hydrogen-bond acceptors (Lipinski definition) is 5. The van der Waals surface area contributed by atoms with E-state index in [0.717, 1.165) is 17.7 Å². The van der Waals surface area contributed by atoms with Gasteiger partial charge in [-0.15, -0.1) is 0 Å². The van der Waals surface area contributed by atoms with E-state index in [1.165, 1.54) is 11.8 Å². The Balaban J connectivity index is 1.74. The number of carbonyl (C=O) groups is 1. The summed E-state index contributed by atoms with van der Waals surface area (Å²) >= 11 is 8.10. The molecule has 0 bridgehead atoms. The number of nitriles is 1. The van der Waals surface area contributed by atoms with E-state index in [9.17, 15) is 10.1 Å². The van der Waals surface area contributed by atoms with Gasteiger partial charge in [0, 0.05) is 27.8 Å². The van der Waals surface area contributed by atoms with Gasteiger partial charge in [-0.05, 0) is 43.7 Å². The average molecular weight is 426 g/mol. The molecule has 4 rings (SSSR count). The maximum Gasteiger partial charge on any atom is 0.257 e. The number of carbonyl (C=O) groups excluding carboxylic acids is 1. The van der Waals surface area contributed by atoms with Gasteiger partial charge in [0.1, 0.15) is 5.54 Å². The molecule has 0 radical (unpaired) electrons. The third kappa shape index (κ3) is 3.91. The monoisotopic (exact) mass is 425 g/mol. The molecule has 1 fully saturated rings. The molecule has 0 aromatic heterocycles. The van der Waals surface area contributed by atoms with Gasteiger partial charge in [0.05, 0.1) is 24.3 Å². The number of nitrogens with one attached hydrogen (secondary N) is 1. The second-order valence-corrected chi connectivity index (χ2v) is 8.75. The Morgan fingerprint density at radius 1 is 1.34 bits per heavy atom. The smallest absolute Gasteiger partial charge is 0.257 e. The van der Waals surface area contributed by atoms with Gasteiger partial charge in [-0.25, -0.2) is 4.99 Å². The van der Waals surface area contributed by atoms with Crippen molar-refractivity contribution in [3.63, 3.8) is 0 Å². The highest BCUT2D eigenvalue weighted by atomic mass is 35.5. The number of halogens is 1. The van der Waals surface area contributed by atoms with Crippen molar-refractivity contribution in [3.8, 4) is 6.07 Å². The predicted molar refractivity (Wildman–Crippen MR) is 115 cm³/mol. The van der Waals surface area contributed by atoms with Crippen molar-refractivity contribution in [1.29, 1.82) is 5.26 Å². The van der Waals surface area contributed by atoms with Gasteiger partial charge in [-0.2, -0.15) is 5.26 Å². The minimum atomic E-state index is -0.721. The standard InChI is InChI=1S/C22H20ClN3O2S/c1-14-9-17-12-29-21(25-20(27)16-5-3-2-4-6-16)26-22(17,13-28-14)18-10-15(11-24)7-8-19(18)23/h2-8,10,14,17H,9,12-13H2,1H3,(H,25,26,27)/t14-,17-,22-/m0/s1. The second kappa shape index (κ2) is 8.19. The van der Waals surface area contributed by atoms with Gasteiger partial charge in [-0.3, -0.25) is 4.79 Å². The molecule has 1 amide bonds. The Morgan fingerprint density at radius 2 is 2.14 bits per heavy atom. The highest BCUT2D eigenvalue weighted by Crippen LogP contribution is 2.48. The molecule has 0 spiro atoms. The molecule has 2 heterocycles. The molecule has 1 saturated heterocycles. The molecule has 5 nitrogen and oxygen atoms in total. The highest BCUT2D eigenvalue weighted by molar-refractivity contribution is 8.13. The van der Waals surface area contributed by atoms with Crippen molar-refractivity contribution in [1.82, 2.24) is 5.32 Å². The molecule has 7 heteroatoms. The third-order valence-electron chi connectivity index (χ3n) is 5.42. The third-order valence-corrected chi connectivity index (χ3v) is 6.79. The normalized spacial score (nSPS) is 26.0. The number of hydrogen-bond donors (Lipinski definition) is 1. The zero-order valence-electron chi connectivity index (χ0n) is 15.9. The predicted octanol–water partition coefficient (Wildman–Crippen LogP) is 4.36. The maximum absolute atomic E-state index is 12.6. The lowest BCUT2D eigenvalue weighted by Gasteiger charge is -2.46. The van der Waals surface area contributed by atoms with E-state index in [0.29, 0.717) is 27.9 Å². The van der Waals surface area contributed by atoms with Crippen LogP contribution >= 0.6 is 23.4 Å². The fourth-order valence-electron chi connectivity index (χ4n) is 3.88. The molecule has 148 valence electrons. The van der Waals surface area contributed by atoms with Crippen LogP contribution in [0, 0.1) is 17.2 Å². The van der Waals surface area contributed by atoms with Gasteiger partial charge in [0.25, 0.3) is 5.91 Å². The topological polar surface area (TPSA) is 74.5 Å². The number of benzene rings is 2. The largest absolute Gasteiger partial charge is 0.376 e. The first-order valence-corrected chi connectivity index (χ1v) is 10.8. The number of thioether (sulfide) groups is 1. The van der Waals surface area contributed by atoms with E-state index in [-0.39, 0.29) is 17.9 Å². The van der Waals surface area contributed by atoms with Gasteiger partial charge in [0.2, 0.25) is 0 Å². The van der Waals surface area contributed by atoms with Crippen LogP contribution in [0.15, 0.2) is 53.5 Å². The first-order valence-electron chi connectivity index (χ1n) is 9.42. The van der Waals surface area contributed by atoms with Crippen LogP contribution in [0.25, 0.3) is 0 Å². The summed E-state index contributed by atoms with van der Waals surface area (Å²) in [4.78, 5) is 17.6. The van der Waals surface area contributed by atoms with Gasteiger partial charge >= 0.3 is 0 Å². The molecule has 2 aromatic carbocycles. The van der Waals surface area contributed by atoms with Crippen LogP contribution in [0.4, 0.5) is 0 Å². The fourth-order valence-corrected chi connectivity index (χ4v) is 5.32. The Labute approximate surface area is 179 Å². The van der Waals surface area contributed by atoms with E-state index in [4.69, 9.17) is 21.3 Å². The number of nitrogens with zero attached hydrogens (tertiary/aromatic N) is 2. The van der Waals surface area contributed by atoms with Crippen LogP contribution in [-0.2, 0) is 10.3 Å². The number of rotatable bonds is 2. The van der Waals surface area contributed by atoms with Crippen molar-refractivity contribution < 1.29 is 9.53 Å². The van der Waals surface area contributed by atoms with E-state index in [2.05, 4.69) is 18.3 Å². The average Bonchev–Trinajstić information content (AvgIpc) is 2.75. The molecular formula is C22H20ClN3O2S. The molecular weight excluding hydrogens is 406 g/mol. The van der Waals surface area contributed by atoms with Crippen molar-refractivity contribution in [2.45, 2.75) is 25.0 Å². The molecule has 2 aliphatic heterocycles. The molecule has 2 aromatic rings. The summed E-state index contributed by atoms with van der Waals surface area (Å²) in [6, 6.07) is 16.5. The summed E-state index contributed by atoms with van der Waals surface area (Å²) < 4.78 is 6.00. The Kier molecular flexibility index (Phi) is 5.64. The molecule has 3 atom stereocenters. The van der Waals surface area contributed by atoms with Crippen LogP contribution in [0.2, 0.25) is 5.02 Å². The lowest BCUT2D eigenvalue weighted by atomic mass is 9.75. The number of amidine groups is 1. The number of amides is 1. The highest BCUT2D eigenvalue weighted by Gasteiger charge is 2.48. The van der Waals surface area contributed by atoms with Gasteiger partial charge in [0.15, 0.2) is 5.17 Å². The van der Waals surface area contributed by atoms with Crippen molar-refractivity contribution in [2.24, 2.45) is 10.9 Å². The Morgan fingerprint density at radius 3 is 2.90 bits per heavy atom. The van der Waals surface area contributed by atoms with Crippen LogP contribution in [-0.4, -0.2) is 29.5 Å². The zero-order chi connectivity index (χ0) is 20.4. The summed E-state index contributed by atoms with van der Waals surface area (Å²) in [7, 11) is 0. The van der Waals surface area contributed by atoms with Crippen molar-refractivity contribution >= 4 is 34.4 Å². The minimum absolute atomic E-state index is 0.127. The summed E-state index contributed by atoms with van der Waals surface area (Å²) in [6.45, 7) is 2.41. The Hall–Kier alpha value is -2.33. The quantitative estimate of drug-likeness (QED) is 0.775. The van der Waals surface area contributed by atoms with Crippen molar-refractivity contribution in [2.75, 3.05) is 12.4 Å². The zero-order valence-corrected chi connectivity index (χ0v) is 17.5. The lowest BCUT2D eigenvalue weighted by molar-refractivity contribution is -0.0466. The second-order valence-electron chi connectivity index (χ2n) is 7.33. The maximum atomic E-state index is 12.6. The number of fused-ring (bicyclic) bond motifs is 1. The molecule has 0 unspecified atom stereocenters. The summed E-state index contributed by atoms with van der Waals surface area (Å²) in [5, 5.41) is 13.4.